The van der Waals surface area contributed by atoms with Gasteiger partial charge < -0.3 is 14.4 Å². The van der Waals surface area contributed by atoms with E-state index in [0.29, 0.717) is 49.7 Å². The molecule has 3 rings (SSSR count). The molecule has 1 aliphatic rings. The molecule has 1 aromatic heterocycles. The van der Waals surface area contributed by atoms with Crippen molar-refractivity contribution in [1.82, 2.24) is 19.8 Å². The Bertz CT molecular complexity index is 944. The second-order valence-electron chi connectivity index (χ2n) is 7.23. The highest BCUT2D eigenvalue weighted by molar-refractivity contribution is 7.89. The summed E-state index contributed by atoms with van der Waals surface area (Å²) in [6, 6.07) is 6.90. The van der Waals surface area contributed by atoms with Crippen LogP contribution in [-0.4, -0.2) is 61.8 Å². The minimum atomic E-state index is -3.65. The lowest BCUT2D eigenvalue weighted by molar-refractivity contribution is -0.134. The van der Waals surface area contributed by atoms with E-state index < -0.39 is 10.0 Å². The van der Waals surface area contributed by atoms with Gasteiger partial charge in [-0.15, -0.1) is 0 Å². The molecule has 0 atom stereocenters. The molecule has 0 aliphatic carbocycles. The van der Waals surface area contributed by atoms with Gasteiger partial charge in [-0.25, -0.2) is 13.1 Å². The van der Waals surface area contributed by atoms with E-state index in [-0.39, 0.29) is 23.5 Å². The Morgan fingerprint density at radius 2 is 1.77 bits per heavy atom. The van der Waals surface area contributed by atoms with Crippen LogP contribution >= 0.6 is 0 Å². The molecule has 0 unspecified atom stereocenters. The van der Waals surface area contributed by atoms with Gasteiger partial charge in [-0.2, -0.15) is 5.10 Å². The first-order valence-corrected chi connectivity index (χ1v) is 11.5. The average molecular weight is 437 g/mol. The third kappa shape index (κ3) is 5.31. The monoisotopic (exact) mass is 436 g/mol. The van der Waals surface area contributed by atoms with E-state index in [0.717, 1.165) is 5.75 Å². The molecule has 2 heterocycles. The molecule has 0 saturated carbocycles. The number of aryl methyl sites for hydroxylation is 2. The summed E-state index contributed by atoms with van der Waals surface area (Å²) in [6.07, 6.45) is 1.09. The van der Waals surface area contributed by atoms with Gasteiger partial charge in [0.25, 0.3) is 5.91 Å². The standard InChI is InChI=1S/C20H28N4O5S/c1-4-28-17-5-7-18(8-6-17)29-13-19(25)24-11-9-16(10-12-24)23-30(26,27)20-14(2)21-22-15(20)3/h5-8,16,23H,4,9-13H2,1-3H3,(H,21,22). The largest absolute Gasteiger partial charge is 0.494 e. The van der Waals surface area contributed by atoms with Crippen LogP contribution in [0.25, 0.3) is 0 Å². The fraction of sp³-hybridized carbons (Fsp3) is 0.500. The summed E-state index contributed by atoms with van der Waals surface area (Å²) < 4.78 is 39.0. The van der Waals surface area contributed by atoms with E-state index in [1.807, 2.05) is 6.92 Å². The van der Waals surface area contributed by atoms with Crippen molar-refractivity contribution in [2.24, 2.45) is 0 Å². The fourth-order valence-electron chi connectivity index (χ4n) is 3.50. The van der Waals surface area contributed by atoms with Gasteiger partial charge in [0.2, 0.25) is 10.0 Å². The molecule has 1 fully saturated rings. The summed E-state index contributed by atoms with van der Waals surface area (Å²) in [5, 5.41) is 6.65. The number of H-pyrrole nitrogens is 1. The zero-order valence-corrected chi connectivity index (χ0v) is 18.3. The van der Waals surface area contributed by atoms with Crippen LogP contribution in [0.1, 0.15) is 31.2 Å². The lowest BCUT2D eigenvalue weighted by Gasteiger charge is -2.32. The molecular formula is C20H28N4O5S. The Balaban J connectivity index is 1.47. The number of piperidine rings is 1. The van der Waals surface area contributed by atoms with Crippen molar-refractivity contribution in [2.45, 2.75) is 44.6 Å². The Morgan fingerprint density at radius 3 is 2.30 bits per heavy atom. The fourth-order valence-corrected chi connectivity index (χ4v) is 5.17. The Hall–Kier alpha value is -2.59. The van der Waals surface area contributed by atoms with E-state index in [9.17, 15) is 13.2 Å². The molecule has 1 saturated heterocycles. The van der Waals surface area contributed by atoms with Crippen LogP contribution in [0.5, 0.6) is 11.5 Å². The number of hydrogen-bond acceptors (Lipinski definition) is 6. The number of sulfonamides is 1. The van der Waals surface area contributed by atoms with E-state index in [1.165, 1.54) is 0 Å². The highest BCUT2D eigenvalue weighted by atomic mass is 32.2. The number of amides is 1. The molecule has 0 radical (unpaired) electrons. The number of nitrogens with one attached hydrogen (secondary N) is 2. The number of hydrogen-bond donors (Lipinski definition) is 2. The summed E-state index contributed by atoms with van der Waals surface area (Å²) in [5.41, 5.74) is 0.957. The lowest BCUT2D eigenvalue weighted by Crippen LogP contribution is -2.47. The Morgan fingerprint density at radius 1 is 1.17 bits per heavy atom. The van der Waals surface area contributed by atoms with Crippen molar-refractivity contribution in [3.63, 3.8) is 0 Å². The average Bonchev–Trinajstić information content (AvgIpc) is 3.07. The van der Waals surface area contributed by atoms with Crippen LogP contribution in [0.15, 0.2) is 29.2 Å². The highest BCUT2D eigenvalue weighted by Crippen LogP contribution is 2.20. The van der Waals surface area contributed by atoms with Crippen LogP contribution in [0.4, 0.5) is 0 Å². The van der Waals surface area contributed by atoms with Gasteiger partial charge >= 0.3 is 0 Å². The second kappa shape index (κ2) is 9.48. The first-order valence-electron chi connectivity index (χ1n) is 9.97. The van der Waals surface area contributed by atoms with Crippen molar-refractivity contribution in [2.75, 3.05) is 26.3 Å². The smallest absolute Gasteiger partial charge is 0.260 e. The van der Waals surface area contributed by atoms with Crippen LogP contribution in [0.2, 0.25) is 0 Å². The normalized spacial score (nSPS) is 15.2. The molecule has 2 N–H and O–H groups in total. The summed E-state index contributed by atoms with van der Waals surface area (Å²) in [7, 11) is -3.65. The molecule has 2 aromatic rings. The third-order valence-corrected chi connectivity index (χ3v) is 6.78. The molecule has 10 heteroatoms. The molecule has 1 amide bonds. The molecule has 1 aliphatic heterocycles. The van der Waals surface area contributed by atoms with Gasteiger partial charge in [0.1, 0.15) is 16.4 Å². The van der Waals surface area contributed by atoms with Gasteiger partial charge in [0.05, 0.1) is 18.0 Å². The van der Waals surface area contributed by atoms with Crippen LogP contribution in [-0.2, 0) is 14.8 Å². The Kier molecular flexibility index (Phi) is 6.99. The number of carbonyl (C=O) groups is 1. The van der Waals surface area contributed by atoms with Crippen molar-refractivity contribution in [1.29, 1.82) is 0 Å². The van der Waals surface area contributed by atoms with Gasteiger partial charge in [0.15, 0.2) is 6.61 Å². The number of aromatic nitrogens is 2. The topological polar surface area (TPSA) is 114 Å². The number of carbonyl (C=O) groups excluding carboxylic acids is 1. The molecule has 164 valence electrons. The zero-order chi connectivity index (χ0) is 21.7. The summed E-state index contributed by atoms with van der Waals surface area (Å²) in [5.74, 6) is 1.23. The minimum absolute atomic E-state index is 0.0578. The maximum Gasteiger partial charge on any atom is 0.260 e. The van der Waals surface area contributed by atoms with E-state index in [1.54, 1.807) is 43.0 Å². The van der Waals surface area contributed by atoms with Gasteiger partial charge in [0, 0.05) is 19.1 Å². The van der Waals surface area contributed by atoms with Gasteiger partial charge in [-0.05, 0) is 57.9 Å². The van der Waals surface area contributed by atoms with E-state index >= 15 is 0 Å². The summed E-state index contributed by atoms with van der Waals surface area (Å²) >= 11 is 0. The highest BCUT2D eigenvalue weighted by Gasteiger charge is 2.29. The lowest BCUT2D eigenvalue weighted by atomic mass is 10.1. The molecule has 0 bridgehead atoms. The number of nitrogens with zero attached hydrogens (tertiary/aromatic N) is 2. The summed E-state index contributed by atoms with van der Waals surface area (Å²) in [6.45, 7) is 6.73. The predicted octanol–water partition coefficient (Wildman–Crippen LogP) is 1.77. The van der Waals surface area contributed by atoms with Gasteiger partial charge in [-0.1, -0.05) is 0 Å². The van der Waals surface area contributed by atoms with Crippen LogP contribution in [0, 0.1) is 13.8 Å². The molecule has 30 heavy (non-hydrogen) atoms. The Labute approximate surface area is 176 Å². The van der Waals surface area contributed by atoms with Crippen molar-refractivity contribution >= 4 is 15.9 Å². The van der Waals surface area contributed by atoms with Crippen molar-refractivity contribution in [3.8, 4) is 11.5 Å². The van der Waals surface area contributed by atoms with E-state index in [4.69, 9.17) is 9.47 Å². The molecule has 9 nitrogen and oxygen atoms in total. The number of ether oxygens (including phenoxy) is 2. The molecule has 0 spiro atoms. The molecule has 1 aromatic carbocycles. The number of benzene rings is 1. The summed E-state index contributed by atoms with van der Waals surface area (Å²) in [4.78, 5) is 14.3. The number of likely N-dealkylation sites (tertiary alicyclic amines) is 1. The zero-order valence-electron chi connectivity index (χ0n) is 17.5. The second-order valence-corrected chi connectivity index (χ2v) is 8.88. The quantitative estimate of drug-likeness (QED) is 0.652. The van der Waals surface area contributed by atoms with Crippen molar-refractivity contribution in [3.05, 3.63) is 35.7 Å². The van der Waals surface area contributed by atoms with Crippen LogP contribution in [0.3, 0.4) is 0 Å². The third-order valence-electron chi connectivity index (χ3n) is 5.00. The number of aromatic amines is 1. The first-order chi connectivity index (χ1) is 14.3. The molecular weight excluding hydrogens is 408 g/mol. The van der Waals surface area contributed by atoms with E-state index in [2.05, 4.69) is 14.9 Å². The van der Waals surface area contributed by atoms with Crippen LogP contribution < -0.4 is 14.2 Å². The van der Waals surface area contributed by atoms with Gasteiger partial charge in [-0.3, -0.25) is 9.89 Å². The maximum absolute atomic E-state index is 12.7. The predicted molar refractivity (Wildman–Crippen MR) is 111 cm³/mol. The first kappa shape index (κ1) is 22.1. The van der Waals surface area contributed by atoms with Crippen molar-refractivity contribution < 1.29 is 22.7 Å². The number of rotatable bonds is 8. The minimum Gasteiger partial charge on any atom is -0.494 e. The maximum atomic E-state index is 12.7. The SMILES string of the molecule is CCOc1ccc(OCC(=O)N2CCC(NS(=O)(=O)c3c(C)n[nH]c3C)CC2)cc1.